The standard InChI is InChI=1S/C27H40O3/c1-11-17(4)23(25(28)30-13-3)20-16-19(20)21-14-18(26(5,6)7)15-22(27(8,9)10)24(21)29-12-2/h11,14-15,19-20H,1,12-13,16H2,2-10H3/t19?,20-/m0/s1. The molecule has 2 rings (SSSR count). The third-order valence-electron chi connectivity index (χ3n) is 5.87. The van der Waals surface area contributed by atoms with E-state index in [2.05, 4.69) is 60.3 Å². The second-order valence-electron chi connectivity index (χ2n) is 10.3. The summed E-state index contributed by atoms with van der Waals surface area (Å²) in [5, 5.41) is 0. The lowest BCUT2D eigenvalue weighted by Gasteiger charge is -2.29. The molecule has 0 aliphatic heterocycles. The summed E-state index contributed by atoms with van der Waals surface area (Å²) in [6.45, 7) is 24.1. The summed E-state index contributed by atoms with van der Waals surface area (Å²) in [6, 6.07) is 4.61. The summed E-state index contributed by atoms with van der Waals surface area (Å²) in [4.78, 5) is 12.7. The molecule has 30 heavy (non-hydrogen) atoms. The van der Waals surface area contributed by atoms with E-state index in [9.17, 15) is 4.79 Å². The summed E-state index contributed by atoms with van der Waals surface area (Å²) < 4.78 is 11.6. The topological polar surface area (TPSA) is 35.5 Å². The molecule has 1 saturated carbocycles. The highest BCUT2D eigenvalue weighted by molar-refractivity contribution is 5.91. The molecule has 3 nitrogen and oxygen atoms in total. The normalized spacial score (nSPS) is 19.8. The Morgan fingerprint density at radius 2 is 1.73 bits per heavy atom. The van der Waals surface area contributed by atoms with Crippen LogP contribution in [0, 0.1) is 5.92 Å². The second-order valence-corrected chi connectivity index (χ2v) is 10.3. The van der Waals surface area contributed by atoms with Gasteiger partial charge >= 0.3 is 5.97 Å². The van der Waals surface area contributed by atoms with E-state index in [0.29, 0.717) is 13.2 Å². The zero-order valence-corrected chi connectivity index (χ0v) is 20.4. The number of allylic oxidation sites excluding steroid dienone is 2. The van der Waals surface area contributed by atoms with E-state index in [0.717, 1.165) is 23.3 Å². The number of hydrogen-bond acceptors (Lipinski definition) is 3. The molecule has 0 heterocycles. The van der Waals surface area contributed by atoms with Crippen LogP contribution in [0.3, 0.4) is 0 Å². The molecule has 3 heteroatoms. The minimum Gasteiger partial charge on any atom is -0.493 e. The Balaban J connectivity index is 2.63. The van der Waals surface area contributed by atoms with Gasteiger partial charge in [0.15, 0.2) is 0 Å². The molecule has 0 N–H and O–H groups in total. The van der Waals surface area contributed by atoms with E-state index in [-0.39, 0.29) is 28.6 Å². The van der Waals surface area contributed by atoms with Gasteiger partial charge in [-0.3, -0.25) is 0 Å². The van der Waals surface area contributed by atoms with Crippen molar-refractivity contribution in [1.82, 2.24) is 0 Å². The van der Waals surface area contributed by atoms with Crippen LogP contribution >= 0.6 is 0 Å². The van der Waals surface area contributed by atoms with Gasteiger partial charge in [0.25, 0.3) is 0 Å². The minimum atomic E-state index is -0.219. The molecule has 1 fully saturated rings. The van der Waals surface area contributed by atoms with Crippen molar-refractivity contribution in [1.29, 1.82) is 0 Å². The highest BCUT2D eigenvalue weighted by Crippen LogP contribution is 2.57. The van der Waals surface area contributed by atoms with Crippen LogP contribution in [-0.2, 0) is 20.4 Å². The third kappa shape index (κ3) is 5.17. The van der Waals surface area contributed by atoms with Gasteiger partial charge in [-0.1, -0.05) is 66.3 Å². The van der Waals surface area contributed by atoms with Crippen molar-refractivity contribution in [3.63, 3.8) is 0 Å². The molecule has 0 spiro atoms. The first-order valence-electron chi connectivity index (χ1n) is 11.2. The number of ether oxygens (including phenoxy) is 2. The van der Waals surface area contributed by atoms with Crippen LogP contribution in [0.4, 0.5) is 0 Å². The molecule has 0 amide bonds. The average molecular weight is 413 g/mol. The first-order chi connectivity index (χ1) is 13.9. The van der Waals surface area contributed by atoms with Gasteiger partial charge in [-0.15, -0.1) is 0 Å². The number of esters is 1. The van der Waals surface area contributed by atoms with Gasteiger partial charge in [0, 0.05) is 11.1 Å². The SMILES string of the molecule is C=CC(C)=C(C(=O)OCC)[C@H]1CC1c1cc(C(C)(C)C)cc(C(C)(C)C)c1OCC. The first-order valence-corrected chi connectivity index (χ1v) is 11.2. The predicted molar refractivity (Wildman–Crippen MR) is 125 cm³/mol. The first kappa shape index (κ1) is 24.2. The molecule has 1 aromatic rings. The zero-order valence-electron chi connectivity index (χ0n) is 20.4. The Labute approximate surface area is 183 Å². The number of carbonyl (C=O) groups is 1. The van der Waals surface area contributed by atoms with Crippen LogP contribution in [-0.4, -0.2) is 19.2 Å². The van der Waals surface area contributed by atoms with Crippen LogP contribution in [0.2, 0.25) is 0 Å². The van der Waals surface area contributed by atoms with Crippen LogP contribution in [0.15, 0.2) is 35.9 Å². The molecular weight excluding hydrogens is 372 g/mol. The van der Waals surface area contributed by atoms with Crippen molar-refractivity contribution >= 4 is 5.97 Å². The highest BCUT2D eigenvalue weighted by Gasteiger charge is 2.47. The summed E-state index contributed by atoms with van der Waals surface area (Å²) in [6.07, 6.45) is 2.69. The second kappa shape index (κ2) is 8.99. The monoisotopic (exact) mass is 412 g/mol. The lowest BCUT2D eigenvalue weighted by molar-refractivity contribution is -0.138. The van der Waals surface area contributed by atoms with Gasteiger partial charge in [0.2, 0.25) is 0 Å². The van der Waals surface area contributed by atoms with Crippen LogP contribution in [0.25, 0.3) is 0 Å². The molecule has 1 aliphatic carbocycles. The highest BCUT2D eigenvalue weighted by atomic mass is 16.5. The quantitative estimate of drug-likeness (QED) is 0.279. The van der Waals surface area contributed by atoms with Gasteiger partial charge in [0.05, 0.1) is 13.2 Å². The Kier molecular flexibility index (Phi) is 7.27. The molecule has 1 aliphatic rings. The minimum absolute atomic E-state index is 0.0285. The van der Waals surface area contributed by atoms with E-state index in [1.54, 1.807) is 6.08 Å². The molecule has 0 aromatic heterocycles. The average Bonchev–Trinajstić information content (AvgIpc) is 3.40. The molecule has 2 atom stereocenters. The number of carbonyl (C=O) groups excluding carboxylic acids is 1. The number of hydrogen-bond donors (Lipinski definition) is 0. The van der Waals surface area contributed by atoms with Crippen LogP contribution < -0.4 is 4.74 Å². The summed E-state index contributed by atoms with van der Waals surface area (Å²) >= 11 is 0. The maximum absolute atomic E-state index is 12.7. The number of rotatable bonds is 7. The van der Waals surface area contributed by atoms with Gasteiger partial charge < -0.3 is 9.47 Å². The summed E-state index contributed by atoms with van der Waals surface area (Å²) in [7, 11) is 0. The summed E-state index contributed by atoms with van der Waals surface area (Å²) in [5.74, 6) is 1.17. The fraction of sp³-hybridized carbons (Fsp3) is 0.593. The fourth-order valence-electron chi connectivity index (χ4n) is 4.00. The van der Waals surface area contributed by atoms with E-state index >= 15 is 0 Å². The fourth-order valence-corrected chi connectivity index (χ4v) is 4.00. The third-order valence-corrected chi connectivity index (χ3v) is 5.87. The molecule has 0 radical (unpaired) electrons. The lowest BCUT2D eigenvalue weighted by Crippen LogP contribution is -2.19. The van der Waals surface area contributed by atoms with Crippen molar-refractivity contribution < 1.29 is 14.3 Å². The predicted octanol–water partition coefficient (Wildman–Crippen LogP) is 6.85. The smallest absolute Gasteiger partial charge is 0.334 e. The van der Waals surface area contributed by atoms with Crippen molar-refractivity contribution in [2.45, 2.75) is 85.5 Å². The van der Waals surface area contributed by atoms with Crippen molar-refractivity contribution in [2.75, 3.05) is 13.2 Å². The Hall–Kier alpha value is -2.03. The van der Waals surface area contributed by atoms with E-state index in [1.807, 2.05) is 20.8 Å². The molecule has 1 aromatic carbocycles. The Bertz CT molecular complexity index is 831. The Morgan fingerprint density at radius 3 is 2.20 bits per heavy atom. The van der Waals surface area contributed by atoms with Crippen LogP contribution in [0.5, 0.6) is 5.75 Å². The van der Waals surface area contributed by atoms with E-state index in [4.69, 9.17) is 9.47 Å². The van der Waals surface area contributed by atoms with Gasteiger partial charge in [-0.2, -0.15) is 0 Å². The van der Waals surface area contributed by atoms with Gasteiger partial charge in [-0.05, 0) is 66.6 Å². The van der Waals surface area contributed by atoms with Gasteiger partial charge in [-0.25, -0.2) is 4.79 Å². The maximum atomic E-state index is 12.7. The molecule has 0 saturated heterocycles. The maximum Gasteiger partial charge on any atom is 0.334 e. The van der Waals surface area contributed by atoms with Gasteiger partial charge in [0.1, 0.15) is 5.75 Å². The van der Waals surface area contributed by atoms with Crippen molar-refractivity contribution in [3.05, 3.63) is 52.6 Å². The Morgan fingerprint density at radius 1 is 1.10 bits per heavy atom. The molecule has 166 valence electrons. The lowest BCUT2D eigenvalue weighted by atomic mass is 9.78. The van der Waals surface area contributed by atoms with Crippen LogP contribution in [0.1, 0.15) is 91.3 Å². The molecule has 1 unspecified atom stereocenters. The van der Waals surface area contributed by atoms with Crippen molar-refractivity contribution in [3.8, 4) is 5.75 Å². The molecular formula is C27H40O3. The van der Waals surface area contributed by atoms with E-state index in [1.165, 1.54) is 16.7 Å². The zero-order chi connectivity index (χ0) is 22.9. The summed E-state index contributed by atoms with van der Waals surface area (Å²) in [5.41, 5.74) is 5.42. The molecule has 0 bridgehead atoms. The number of benzene rings is 1. The van der Waals surface area contributed by atoms with Crippen molar-refractivity contribution in [2.24, 2.45) is 5.92 Å². The largest absolute Gasteiger partial charge is 0.493 e. The van der Waals surface area contributed by atoms with E-state index < -0.39 is 0 Å².